The van der Waals surface area contributed by atoms with Crippen LogP contribution in [-0.4, -0.2) is 34.9 Å². The van der Waals surface area contributed by atoms with Crippen molar-refractivity contribution in [1.82, 2.24) is 9.88 Å². The molecule has 1 aromatic heterocycles. The predicted octanol–water partition coefficient (Wildman–Crippen LogP) is 2.87. The third-order valence-electron chi connectivity index (χ3n) is 3.59. The fraction of sp³-hybridized carbons (Fsp3) is 0.312. The van der Waals surface area contributed by atoms with Gasteiger partial charge in [0, 0.05) is 17.0 Å². The summed E-state index contributed by atoms with van der Waals surface area (Å²) in [5, 5.41) is 2.29. The van der Waals surface area contributed by atoms with Gasteiger partial charge in [-0.05, 0) is 37.1 Å². The van der Waals surface area contributed by atoms with Crippen LogP contribution in [0.4, 0.5) is 4.39 Å². The Morgan fingerprint density at radius 1 is 1.35 bits per heavy atom. The quantitative estimate of drug-likeness (QED) is 0.789. The fourth-order valence-corrected chi connectivity index (χ4v) is 3.00. The molecule has 1 aliphatic rings. The number of aromatic nitrogens is 1. The van der Waals surface area contributed by atoms with E-state index in [0.29, 0.717) is 17.1 Å². The highest BCUT2D eigenvalue weighted by Gasteiger charge is 2.33. The van der Waals surface area contributed by atoms with Crippen LogP contribution in [-0.2, 0) is 11.3 Å². The molecule has 0 radical (unpaired) electrons. The van der Waals surface area contributed by atoms with E-state index in [4.69, 9.17) is 0 Å². The van der Waals surface area contributed by atoms with Gasteiger partial charge in [-0.1, -0.05) is 0 Å². The lowest BCUT2D eigenvalue weighted by Crippen LogP contribution is -2.32. The summed E-state index contributed by atoms with van der Waals surface area (Å²) in [4.78, 5) is 30.0. The molecule has 1 amide bonds. The summed E-state index contributed by atoms with van der Waals surface area (Å²) >= 11 is 1.32. The van der Waals surface area contributed by atoms with Crippen LogP contribution in [0.25, 0.3) is 0 Å². The topological polar surface area (TPSA) is 59.5 Å². The summed E-state index contributed by atoms with van der Waals surface area (Å²) in [6.45, 7) is 0.336. The number of carbonyl (C=O) groups is 2. The number of rotatable bonds is 5. The van der Waals surface area contributed by atoms with Crippen LogP contribution in [0.5, 0.6) is 0 Å². The monoisotopic (exact) mass is 334 g/mol. The van der Waals surface area contributed by atoms with Crippen molar-refractivity contribution in [2.75, 3.05) is 7.11 Å². The first-order valence-electron chi connectivity index (χ1n) is 7.17. The van der Waals surface area contributed by atoms with E-state index in [-0.39, 0.29) is 23.5 Å². The maximum atomic E-state index is 13.0. The predicted molar refractivity (Wildman–Crippen MR) is 82.7 cm³/mol. The molecule has 5 nitrogen and oxygen atoms in total. The lowest BCUT2D eigenvalue weighted by molar-refractivity contribution is 0.0594. The SMILES string of the molecule is COC(=O)c1csc(CN(C(=O)c2ccc(F)cc2)C2CC2)n1. The summed E-state index contributed by atoms with van der Waals surface area (Å²) in [7, 11) is 1.30. The Morgan fingerprint density at radius 3 is 2.65 bits per heavy atom. The maximum absolute atomic E-state index is 13.0. The largest absolute Gasteiger partial charge is 0.464 e. The molecule has 1 aliphatic carbocycles. The first-order valence-corrected chi connectivity index (χ1v) is 8.05. The fourth-order valence-electron chi connectivity index (χ4n) is 2.24. The molecular formula is C16H15FN2O3S. The minimum atomic E-state index is -0.490. The van der Waals surface area contributed by atoms with E-state index in [1.807, 2.05) is 0 Å². The average Bonchev–Trinajstić information content (AvgIpc) is 3.30. The van der Waals surface area contributed by atoms with Crippen molar-refractivity contribution in [3.8, 4) is 0 Å². The van der Waals surface area contributed by atoms with Crippen molar-refractivity contribution < 1.29 is 18.7 Å². The van der Waals surface area contributed by atoms with Crippen LogP contribution < -0.4 is 0 Å². The zero-order valence-corrected chi connectivity index (χ0v) is 13.3. The van der Waals surface area contributed by atoms with Gasteiger partial charge in [-0.15, -0.1) is 11.3 Å². The Kier molecular flexibility index (Phi) is 4.38. The van der Waals surface area contributed by atoms with E-state index >= 15 is 0 Å². The van der Waals surface area contributed by atoms with Crippen LogP contribution in [0.3, 0.4) is 0 Å². The number of thiazole rings is 1. The van der Waals surface area contributed by atoms with E-state index in [1.165, 1.54) is 42.7 Å². The lowest BCUT2D eigenvalue weighted by atomic mass is 10.2. The zero-order valence-electron chi connectivity index (χ0n) is 12.5. The summed E-state index contributed by atoms with van der Waals surface area (Å²) in [5.41, 5.74) is 0.695. The molecule has 0 spiro atoms. The molecule has 0 bridgehead atoms. The molecule has 23 heavy (non-hydrogen) atoms. The first kappa shape index (κ1) is 15.6. The van der Waals surface area contributed by atoms with Crippen molar-refractivity contribution >= 4 is 23.2 Å². The van der Waals surface area contributed by atoms with Crippen molar-refractivity contribution in [3.05, 3.63) is 51.7 Å². The van der Waals surface area contributed by atoms with Crippen LogP contribution in [0, 0.1) is 5.82 Å². The normalized spacial score (nSPS) is 13.7. The van der Waals surface area contributed by atoms with Gasteiger partial charge in [0.25, 0.3) is 5.91 Å². The van der Waals surface area contributed by atoms with E-state index in [1.54, 1.807) is 10.3 Å². The number of halogens is 1. The Hall–Kier alpha value is -2.28. The van der Waals surface area contributed by atoms with Crippen LogP contribution >= 0.6 is 11.3 Å². The molecule has 3 rings (SSSR count). The van der Waals surface area contributed by atoms with Crippen LogP contribution in [0.1, 0.15) is 38.7 Å². The highest BCUT2D eigenvalue weighted by atomic mass is 32.1. The highest BCUT2D eigenvalue weighted by Crippen LogP contribution is 2.30. The standard InChI is InChI=1S/C16H15FN2O3S/c1-22-16(21)13-9-23-14(18-13)8-19(12-6-7-12)15(20)10-2-4-11(17)5-3-10/h2-5,9,12H,6-8H2,1H3. The van der Waals surface area contributed by atoms with Gasteiger partial charge in [0.05, 0.1) is 13.7 Å². The Balaban J connectivity index is 1.77. The van der Waals surface area contributed by atoms with Gasteiger partial charge >= 0.3 is 5.97 Å². The molecular weight excluding hydrogens is 319 g/mol. The number of methoxy groups -OCH3 is 1. The minimum Gasteiger partial charge on any atom is -0.464 e. The van der Waals surface area contributed by atoms with Crippen molar-refractivity contribution in [2.45, 2.75) is 25.4 Å². The summed E-state index contributed by atoms with van der Waals surface area (Å²) in [6, 6.07) is 5.69. The molecule has 0 atom stereocenters. The first-order chi connectivity index (χ1) is 11.1. The number of benzene rings is 1. The lowest BCUT2D eigenvalue weighted by Gasteiger charge is -2.21. The van der Waals surface area contributed by atoms with Gasteiger partial charge in [-0.2, -0.15) is 0 Å². The molecule has 1 fully saturated rings. The van der Waals surface area contributed by atoms with Gasteiger partial charge in [-0.3, -0.25) is 4.79 Å². The highest BCUT2D eigenvalue weighted by molar-refractivity contribution is 7.09. The van der Waals surface area contributed by atoms with Crippen LogP contribution in [0.15, 0.2) is 29.6 Å². The Morgan fingerprint density at radius 2 is 2.04 bits per heavy atom. The molecule has 1 heterocycles. The molecule has 0 aliphatic heterocycles. The van der Waals surface area contributed by atoms with Gasteiger partial charge in [0.15, 0.2) is 5.69 Å². The van der Waals surface area contributed by atoms with Crippen molar-refractivity contribution in [2.24, 2.45) is 0 Å². The third-order valence-corrected chi connectivity index (χ3v) is 4.43. The van der Waals surface area contributed by atoms with E-state index in [0.717, 1.165) is 12.8 Å². The number of carbonyl (C=O) groups excluding carboxylic acids is 2. The van der Waals surface area contributed by atoms with E-state index in [2.05, 4.69) is 9.72 Å². The molecule has 2 aromatic rings. The van der Waals surface area contributed by atoms with E-state index < -0.39 is 5.97 Å². The van der Waals surface area contributed by atoms with Crippen LogP contribution in [0.2, 0.25) is 0 Å². The van der Waals surface area contributed by atoms with E-state index in [9.17, 15) is 14.0 Å². The average molecular weight is 334 g/mol. The summed E-state index contributed by atoms with van der Waals surface area (Å²) < 4.78 is 17.6. The van der Waals surface area contributed by atoms with Gasteiger partial charge < -0.3 is 9.64 Å². The molecule has 120 valence electrons. The van der Waals surface area contributed by atoms with Crippen molar-refractivity contribution in [1.29, 1.82) is 0 Å². The molecule has 0 N–H and O–H groups in total. The molecule has 7 heteroatoms. The maximum Gasteiger partial charge on any atom is 0.357 e. The van der Waals surface area contributed by atoms with Gasteiger partial charge in [0.2, 0.25) is 0 Å². The minimum absolute atomic E-state index is 0.151. The number of hydrogen-bond donors (Lipinski definition) is 0. The number of hydrogen-bond acceptors (Lipinski definition) is 5. The second kappa shape index (κ2) is 6.45. The van der Waals surface area contributed by atoms with Gasteiger partial charge in [-0.25, -0.2) is 14.2 Å². The third kappa shape index (κ3) is 3.56. The molecule has 0 saturated heterocycles. The van der Waals surface area contributed by atoms with Crippen molar-refractivity contribution in [3.63, 3.8) is 0 Å². The summed E-state index contributed by atoms with van der Waals surface area (Å²) in [5.74, 6) is -1.01. The second-order valence-corrected chi connectivity index (χ2v) is 6.23. The Bertz CT molecular complexity index is 725. The smallest absolute Gasteiger partial charge is 0.357 e. The number of ether oxygens (including phenoxy) is 1. The molecule has 0 unspecified atom stereocenters. The molecule has 1 aromatic carbocycles. The molecule has 1 saturated carbocycles. The summed E-state index contributed by atoms with van der Waals surface area (Å²) in [6.07, 6.45) is 1.89. The second-order valence-electron chi connectivity index (χ2n) is 5.29. The number of amides is 1. The zero-order chi connectivity index (χ0) is 16.4. The van der Waals surface area contributed by atoms with Gasteiger partial charge in [0.1, 0.15) is 10.8 Å². The Labute approximate surface area is 136 Å². The number of esters is 1. The number of nitrogens with zero attached hydrogens (tertiary/aromatic N) is 2.